The van der Waals surface area contributed by atoms with E-state index in [9.17, 15) is 9.59 Å². The number of rotatable bonds is 10. The van der Waals surface area contributed by atoms with Gasteiger partial charge in [-0.1, -0.05) is 60.1 Å². The van der Waals surface area contributed by atoms with Crippen molar-refractivity contribution in [2.45, 2.75) is 6.92 Å². The molecule has 5 rings (SSSR count). The van der Waals surface area contributed by atoms with Crippen molar-refractivity contribution in [1.29, 1.82) is 0 Å². The zero-order valence-electron chi connectivity index (χ0n) is 22.5. The Kier molecular flexibility index (Phi) is 9.23. The number of carbonyl (C=O) groups is 2. The number of aryl methyl sites for hydroxylation is 1. The molecule has 0 bridgehead atoms. The summed E-state index contributed by atoms with van der Waals surface area (Å²) in [4.78, 5) is 29.7. The Balaban J connectivity index is 1.14. The van der Waals surface area contributed by atoms with Gasteiger partial charge in [0.1, 0.15) is 5.75 Å². The molecular weight excluding hydrogens is 570 g/mol. The lowest BCUT2D eigenvalue weighted by molar-refractivity contribution is -0.118. The van der Waals surface area contributed by atoms with E-state index in [4.69, 9.17) is 16.3 Å². The fourth-order valence-electron chi connectivity index (χ4n) is 3.86. The molecule has 0 fully saturated rings. The third-order valence-corrected chi connectivity index (χ3v) is 7.24. The maximum Gasteiger partial charge on any atom is 0.271 e. The summed E-state index contributed by atoms with van der Waals surface area (Å²) in [7, 11) is 0. The van der Waals surface area contributed by atoms with Gasteiger partial charge in [-0.2, -0.15) is 5.10 Å². The standard InChI is InChI=1S/C32H26ClN5O3S/c1-21-11-16-26(17-27(21)33)35-30(39)19-41-29-10-6-5-7-24(29)18-34-38-31(40)23-14-12-22(13-15-23)28-20-42-32(37-28)36-25-8-3-2-4-9-25/h2-18,20H,19H2,1H3,(H,35,39)(H,36,37)(H,38,40)/b34-18+. The normalized spacial score (nSPS) is 10.8. The molecule has 0 unspecified atom stereocenters. The van der Waals surface area contributed by atoms with Gasteiger partial charge in [0, 0.05) is 38.5 Å². The van der Waals surface area contributed by atoms with Crippen LogP contribution in [0.4, 0.5) is 16.5 Å². The number of halogens is 1. The molecule has 8 nitrogen and oxygen atoms in total. The van der Waals surface area contributed by atoms with Gasteiger partial charge in [0.2, 0.25) is 0 Å². The van der Waals surface area contributed by atoms with Crippen molar-refractivity contribution >= 4 is 57.5 Å². The maximum atomic E-state index is 12.7. The van der Waals surface area contributed by atoms with Crippen LogP contribution in [-0.2, 0) is 4.79 Å². The average Bonchev–Trinajstić information content (AvgIpc) is 3.47. The molecule has 0 aliphatic heterocycles. The Morgan fingerprint density at radius 3 is 2.50 bits per heavy atom. The highest BCUT2D eigenvalue weighted by Gasteiger charge is 2.10. The molecule has 0 atom stereocenters. The Bertz CT molecular complexity index is 1720. The van der Waals surface area contributed by atoms with Crippen molar-refractivity contribution in [3.8, 4) is 17.0 Å². The Hall–Kier alpha value is -4.99. The highest BCUT2D eigenvalue weighted by atomic mass is 35.5. The molecule has 0 saturated heterocycles. The van der Waals surface area contributed by atoms with Gasteiger partial charge in [-0.15, -0.1) is 11.3 Å². The first-order chi connectivity index (χ1) is 20.4. The summed E-state index contributed by atoms with van der Waals surface area (Å²) >= 11 is 7.63. The monoisotopic (exact) mass is 595 g/mol. The number of aromatic nitrogens is 1. The molecule has 3 N–H and O–H groups in total. The molecular formula is C32H26ClN5O3S. The smallest absolute Gasteiger partial charge is 0.271 e. The number of carbonyl (C=O) groups excluding carboxylic acids is 2. The van der Waals surface area contributed by atoms with E-state index in [0.717, 1.165) is 27.6 Å². The molecule has 1 heterocycles. The van der Waals surface area contributed by atoms with E-state index in [1.165, 1.54) is 17.6 Å². The van der Waals surface area contributed by atoms with Crippen LogP contribution in [0.5, 0.6) is 5.75 Å². The average molecular weight is 596 g/mol. The number of ether oxygens (including phenoxy) is 1. The largest absolute Gasteiger partial charge is 0.483 e. The van der Waals surface area contributed by atoms with E-state index in [-0.39, 0.29) is 18.4 Å². The van der Waals surface area contributed by atoms with Gasteiger partial charge in [0.05, 0.1) is 11.9 Å². The summed E-state index contributed by atoms with van der Waals surface area (Å²) in [6, 6.07) is 29.3. The number of thiazole rings is 1. The van der Waals surface area contributed by atoms with Crippen LogP contribution in [0.1, 0.15) is 21.5 Å². The number of hydrogen-bond donors (Lipinski definition) is 3. The maximum absolute atomic E-state index is 12.7. The SMILES string of the molecule is Cc1ccc(NC(=O)COc2ccccc2/C=N/NC(=O)c2ccc(-c3csc(Nc4ccccc4)n3)cc2)cc1Cl. The summed E-state index contributed by atoms with van der Waals surface area (Å²) in [6.45, 7) is 1.68. The molecule has 10 heteroatoms. The van der Waals surface area contributed by atoms with Crippen LogP contribution < -0.4 is 20.8 Å². The van der Waals surface area contributed by atoms with Gasteiger partial charge in [0.25, 0.3) is 11.8 Å². The summed E-state index contributed by atoms with van der Waals surface area (Å²) < 4.78 is 5.70. The first-order valence-corrected chi connectivity index (χ1v) is 14.2. The van der Waals surface area contributed by atoms with Crippen LogP contribution in [0.2, 0.25) is 5.02 Å². The first kappa shape index (κ1) is 28.5. The lowest BCUT2D eigenvalue weighted by Crippen LogP contribution is -2.20. The minimum Gasteiger partial charge on any atom is -0.483 e. The third-order valence-electron chi connectivity index (χ3n) is 6.08. The highest BCUT2D eigenvalue weighted by molar-refractivity contribution is 7.14. The molecule has 0 radical (unpaired) electrons. The quantitative estimate of drug-likeness (QED) is 0.116. The lowest BCUT2D eigenvalue weighted by atomic mass is 10.1. The molecule has 1 aromatic heterocycles. The molecule has 0 spiro atoms. The second kappa shape index (κ2) is 13.6. The van der Waals surface area contributed by atoms with Crippen LogP contribution >= 0.6 is 22.9 Å². The second-order valence-corrected chi connectivity index (χ2v) is 10.4. The topological polar surface area (TPSA) is 105 Å². The predicted molar refractivity (Wildman–Crippen MR) is 169 cm³/mol. The highest BCUT2D eigenvalue weighted by Crippen LogP contribution is 2.27. The molecule has 42 heavy (non-hydrogen) atoms. The van der Waals surface area contributed by atoms with Crippen LogP contribution in [-0.4, -0.2) is 29.6 Å². The Labute approximate surface area is 252 Å². The summed E-state index contributed by atoms with van der Waals surface area (Å²) in [5, 5.41) is 13.4. The molecule has 0 saturated carbocycles. The first-order valence-electron chi connectivity index (χ1n) is 12.9. The van der Waals surface area contributed by atoms with Crippen molar-refractivity contribution < 1.29 is 14.3 Å². The van der Waals surface area contributed by atoms with E-state index in [2.05, 4.69) is 26.1 Å². The van der Waals surface area contributed by atoms with Crippen LogP contribution in [0, 0.1) is 6.92 Å². The number of hydrazone groups is 1. The third kappa shape index (κ3) is 7.60. The summed E-state index contributed by atoms with van der Waals surface area (Å²) in [6.07, 6.45) is 1.47. The number of para-hydroxylation sites is 2. The molecule has 4 aromatic carbocycles. The number of nitrogens with zero attached hydrogens (tertiary/aromatic N) is 2. The van der Waals surface area contributed by atoms with Gasteiger partial charge < -0.3 is 15.4 Å². The lowest BCUT2D eigenvalue weighted by Gasteiger charge is -2.10. The zero-order chi connectivity index (χ0) is 29.3. The number of hydrogen-bond acceptors (Lipinski definition) is 7. The van der Waals surface area contributed by atoms with Gasteiger partial charge in [0.15, 0.2) is 11.7 Å². The fourth-order valence-corrected chi connectivity index (χ4v) is 4.78. The summed E-state index contributed by atoms with van der Waals surface area (Å²) in [5.41, 5.74) is 7.77. The number of benzene rings is 4. The van der Waals surface area contributed by atoms with Gasteiger partial charge in [-0.3, -0.25) is 9.59 Å². The van der Waals surface area contributed by atoms with Gasteiger partial charge >= 0.3 is 0 Å². The van der Waals surface area contributed by atoms with Gasteiger partial charge in [-0.25, -0.2) is 10.4 Å². The van der Waals surface area contributed by atoms with E-state index in [1.807, 2.05) is 66.9 Å². The minimum atomic E-state index is -0.364. The van der Waals surface area contributed by atoms with Crippen molar-refractivity contribution in [1.82, 2.24) is 10.4 Å². The molecule has 0 aliphatic rings. The van der Waals surface area contributed by atoms with E-state index < -0.39 is 0 Å². The Morgan fingerprint density at radius 1 is 0.952 bits per heavy atom. The zero-order valence-corrected chi connectivity index (χ0v) is 24.1. The fraction of sp³-hybridized carbons (Fsp3) is 0.0625. The molecule has 5 aromatic rings. The van der Waals surface area contributed by atoms with Crippen molar-refractivity contribution in [3.63, 3.8) is 0 Å². The van der Waals surface area contributed by atoms with Crippen molar-refractivity contribution in [2.75, 3.05) is 17.2 Å². The molecule has 2 amide bonds. The number of anilines is 3. The van der Waals surface area contributed by atoms with Crippen LogP contribution in [0.15, 0.2) is 108 Å². The van der Waals surface area contributed by atoms with E-state index in [0.29, 0.717) is 27.6 Å². The van der Waals surface area contributed by atoms with E-state index in [1.54, 1.807) is 42.5 Å². The van der Waals surface area contributed by atoms with Crippen LogP contribution in [0.3, 0.4) is 0 Å². The Morgan fingerprint density at radius 2 is 1.71 bits per heavy atom. The summed E-state index contributed by atoms with van der Waals surface area (Å²) in [5.74, 6) is -0.252. The van der Waals surface area contributed by atoms with Crippen molar-refractivity contribution in [3.05, 3.63) is 124 Å². The van der Waals surface area contributed by atoms with Crippen molar-refractivity contribution in [2.24, 2.45) is 5.10 Å². The number of nitrogens with one attached hydrogen (secondary N) is 3. The van der Waals surface area contributed by atoms with Gasteiger partial charge in [-0.05, 0) is 61.0 Å². The minimum absolute atomic E-state index is 0.210. The van der Waals surface area contributed by atoms with Crippen LogP contribution in [0.25, 0.3) is 11.3 Å². The molecule has 210 valence electrons. The number of amides is 2. The predicted octanol–water partition coefficient (Wildman–Crippen LogP) is 7.30. The second-order valence-electron chi connectivity index (χ2n) is 9.14. The van der Waals surface area contributed by atoms with E-state index >= 15 is 0 Å². The molecule has 0 aliphatic carbocycles.